The number of rotatable bonds is 4. The maximum atomic E-state index is 12.3. The number of aromatic carboxylic acids is 1. The van der Waals surface area contributed by atoms with Gasteiger partial charge in [-0.3, -0.25) is 4.79 Å². The van der Waals surface area contributed by atoms with Gasteiger partial charge in [0.25, 0.3) is 5.91 Å². The molecule has 7 heteroatoms. The van der Waals surface area contributed by atoms with Crippen LogP contribution in [0.4, 0.5) is 5.69 Å². The van der Waals surface area contributed by atoms with E-state index in [-0.39, 0.29) is 11.1 Å². The third-order valence-corrected chi connectivity index (χ3v) is 3.63. The summed E-state index contributed by atoms with van der Waals surface area (Å²) in [7, 11) is 0. The summed E-state index contributed by atoms with van der Waals surface area (Å²) in [6.07, 6.45) is 1.44. The first-order chi connectivity index (χ1) is 12.6. The fourth-order valence-corrected chi connectivity index (χ4v) is 2.36. The topological polar surface area (TPSA) is 109 Å². The first kappa shape index (κ1) is 17.0. The van der Waals surface area contributed by atoms with E-state index in [1.807, 2.05) is 6.07 Å². The second kappa shape index (κ2) is 7.40. The zero-order valence-electron chi connectivity index (χ0n) is 13.6. The number of carbonyl (C=O) groups is 2. The lowest BCUT2D eigenvalue weighted by Crippen LogP contribution is -2.15. The number of anilines is 1. The molecule has 7 nitrogen and oxygen atoms in total. The molecule has 0 saturated carbocycles. The van der Waals surface area contributed by atoms with Gasteiger partial charge in [0.05, 0.1) is 5.56 Å². The fraction of sp³-hybridized carbons (Fsp3) is 0.105. The van der Waals surface area contributed by atoms with Gasteiger partial charge in [-0.1, -0.05) is 6.07 Å². The standard InChI is InChI=1S/C19H14N2O5/c20-11-14(9-12-1-6-16-17(10-12)26-8-7-25-16)18(22)21-15-4-2-13(3-5-15)19(23)24/h1-6,9-10H,7-8H2,(H,21,22)(H,23,24)/b14-9-. The number of carbonyl (C=O) groups excluding carboxylic acids is 1. The van der Waals surface area contributed by atoms with Gasteiger partial charge in [0.15, 0.2) is 11.5 Å². The summed E-state index contributed by atoms with van der Waals surface area (Å²) in [6, 6.07) is 12.7. The van der Waals surface area contributed by atoms with Crippen molar-refractivity contribution in [2.24, 2.45) is 0 Å². The molecule has 0 spiro atoms. The molecule has 3 rings (SSSR count). The monoisotopic (exact) mass is 350 g/mol. The molecule has 0 saturated heterocycles. The number of fused-ring (bicyclic) bond motifs is 1. The molecular weight excluding hydrogens is 336 g/mol. The fourth-order valence-electron chi connectivity index (χ4n) is 2.36. The molecule has 0 unspecified atom stereocenters. The lowest BCUT2D eigenvalue weighted by molar-refractivity contribution is -0.112. The van der Waals surface area contributed by atoms with Crippen molar-refractivity contribution < 1.29 is 24.2 Å². The molecule has 0 aliphatic carbocycles. The van der Waals surface area contributed by atoms with Crippen molar-refractivity contribution in [2.45, 2.75) is 0 Å². The smallest absolute Gasteiger partial charge is 0.335 e. The number of nitrogens with one attached hydrogen (secondary N) is 1. The highest BCUT2D eigenvalue weighted by molar-refractivity contribution is 6.09. The Morgan fingerprint density at radius 2 is 1.77 bits per heavy atom. The molecule has 1 heterocycles. The molecule has 2 N–H and O–H groups in total. The van der Waals surface area contributed by atoms with Crippen molar-refractivity contribution >= 4 is 23.6 Å². The van der Waals surface area contributed by atoms with E-state index in [2.05, 4.69) is 5.32 Å². The lowest BCUT2D eigenvalue weighted by Gasteiger charge is -2.18. The van der Waals surface area contributed by atoms with Crippen molar-refractivity contribution in [1.29, 1.82) is 5.26 Å². The van der Waals surface area contributed by atoms with Crippen LogP contribution in [0.5, 0.6) is 11.5 Å². The molecule has 26 heavy (non-hydrogen) atoms. The van der Waals surface area contributed by atoms with E-state index < -0.39 is 11.9 Å². The number of nitriles is 1. The van der Waals surface area contributed by atoms with Crippen LogP contribution >= 0.6 is 0 Å². The number of ether oxygens (including phenoxy) is 2. The number of carboxylic acids is 1. The van der Waals surface area contributed by atoms with Crippen LogP contribution in [0, 0.1) is 11.3 Å². The summed E-state index contributed by atoms with van der Waals surface area (Å²) in [4.78, 5) is 23.1. The van der Waals surface area contributed by atoms with Gasteiger partial charge in [-0.25, -0.2) is 4.79 Å². The average molecular weight is 350 g/mol. The summed E-state index contributed by atoms with van der Waals surface area (Å²) >= 11 is 0. The zero-order valence-corrected chi connectivity index (χ0v) is 13.6. The number of nitrogens with zero attached hydrogens (tertiary/aromatic N) is 1. The van der Waals surface area contributed by atoms with Crippen molar-refractivity contribution in [3.63, 3.8) is 0 Å². The van der Waals surface area contributed by atoms with E-state index in [1.165, 1.54) is 30.3 Å². The van der Waals surface area contributed by atoms with E-state index in [0.29, 0.717) is 36.0 Å². The molecule has 2 aromatic carbocycles. The van der Waals surface area contributed by atoms with Gasteiger partial charge in [-0.15, -0.1) is 0 Å². The molecule has 2 aromatic rings. The van der Waals surface area contributed by atoms with Gasteiger partial charge >= 0.3 is 5.97 Å². The van der Waals surface area contributed by atoms with E-state index in [1.54, 1.807) is 18.2 Å². The van der Waals surface area contributed by atoms with Crippen molar-refractivity contribution in [1.82, 2.24) is 0 Å². The van der Waals surface area contributed by atoms with Crippen molar-refractivity contribution in [3.8, 4) is 17.6 Å². The SMILES string of the molecule is N#C/C(=C/c1ccc2c(c1)OCCO2)C(=O)Nc1ccc(C(=O)O)cc1. The van der Waals surface area contributed by atoms with Gasteiger partial charge in [0.2, 0.25) is 0 Å². The van der Waals surface area contributed by atoms with E-state index in [4.69, 9.17) is 14.6 Å². The van der Waals surface area contributed by atoms with Crippen LogP contribution in [-0.2, 0) is 4.79 Å². The first-order valence-electron chi connectivity index (χ1n) is 7.73. The Morgan fingerprint density at radius 1 is 1.08 bits per heavy atom. The molecule has 1 aliphatic rings. The predicted octanol–water partition coefficient (Wildman–Crippen LogP) is 2.70. The Balaban J connectivity index is 1.77. The summed E-state index contributed by atoms with van der Waals surface area (Å²) in [5.41, 5.74) is 1.03. The van der Waals surface area contributed by atoms with Gasteiger partial charge in [-0.05, 0) is 48.0 Å². The number of hydrogen-bond donors (Lipinski definition) is 2. The molecule has 0 radical (unpaired) electrons. The molecule has 0 aromatic heterocycles. The number of benzene rings is 2. The maximum absolute atomic E-state index is 12.3. The maximum Gasteiger partial charge on any atom is 0.335 e. The summed E-state index contributed by atoms with van der Waals surface area (Å²) in [5.74, 6) is -0.466. The lowest BCUT2D eigenvalue weighted by atomic mass is 10.1. The number of amides is 1. The van der Waals surface area contributed by atoms with Crippen LogP contribution in [0.3, 0.4) is 0 Å². The Hall–Kier alpha value is -3.79. The van der Waals surface area contributed by atoms with Gasteiger partial charge < -0.3 is 19.9 Å². The van der Waals surface area contributed by atoms with Crippen LogP contribution < -0.4 is 14.8 Å². The van der Waals surface area contributed by atoms with Crippen LogP contribution in [0.25, 0.3) is 6.08 Å². The van der Waals surface area contributed by atoms with Crippen LogP contribution in [0.1, 0.15) is 15.9 Å². The minimum atomic E-state index is -1.06. The van der Waals surface area contributed by atoms with Gasteiger partial charge in [0.1, 0.15) is 24.9 Å². The highest BCUT2D eigenvalue weighted by Gasteiger charge is 2.14. The van der Waals surface area contributed by atoms with Gasteiger partial charge in [-0.2, -0.15) is 5.26 Å². The number of hydrogen-bond acceptors (Lipinski definition) is 5. The third-order valence-electron chi connectivity index (χ3n) is 3.63. The second-order valence-corrected chi connectivity index (χ2v) is 5.41. The minimum Gasteiger partial charge on any atom is -0.486 e. The minimum absolute atomic E-state index is 0.0935. The highest BCUT2D eigenvalue weighted by Crippen LogP contribution is 2.31. The highest BCUT2D eigenvalue weighted by atomic mass is 16.6. The summed E-state index contributed by atoms with van der Waals surface area (Å²) in [5, 5.41) is 20.7. The predicted molar refractivity (Wildman–Crippen MR) is 93.1 cm³/mol. The van der Waals surface area contributed by atoms with Crippen LogP contribution in [-0.4, -0.2) is 30.2 Å². The Labute approximate surface area is 149 Å². The number of carboxylic acid groups (broad SMARTS) is 1. The van der Waals surface area contributed by atoms with Crippen molar-refractivity contribution in [3.05, 3.63) is 59.2 Å². The van der Waals surface area contributed by atoms with Crippen LogP contribution in [0.2, 0.25) is 0 Å². The normalized spacial score (nSPS) is 12.8. The molecule has 0 fully saturated rings. The van der Waals surface area contributed by atoms with E-state index in [9.17, 15) is 14.9 Å². The third kappa shape index (κ3) is 3.82. The Bertz CT molecular complexity index is 926. The molecule has 0 atom stereocenters. The quantitative estimate of drug-likeness (QED) is 0.648. The van der Waals surface area contributed by atoms with E-state index >= 15 is 0 Å². The zero-order chi connectivity index (χ0) is 18.5. The average Bonchev–Trinajstić information content (AvgIpc) is 2.66. The van der Waals surface area contributed by atoms with Gasteiger partial charge in [0, 0.05) is 5.69 Å². The second-order valence-electron chi connectivity index (χ2n) is 5.41. The summed E-state index contributed by atoms with van der Waals surface area (Å²) in [6.45, 7) is 0.923. The van der Waals surface area contributed by atoms with Crippen LogP contribution in [0.15, 0.2) is 48.0 Å². The Kier molecular flexibility index (Phi) is 4.85. The summed E-state index contributed by atoms with van der Waals surface area (Å²) < 4.78 is 10.9. The molecular formula is C19H14N2O5. The largest absolute Gasteiger partial charge is 0.486 e. The molecule has 1 aliphatic heterocycles. The first-order valence-corrected chi connectivity index (χ1v) is 7.73. The van der Waals surface area contributed by atoms with E-state index in [0.717, 1.165) is 0 Å². The Morgan fingerprint density at radius 3 is 2.42 bits per heavy atom. The molecule has 0 bridgehead atoms. The van der Waals surface area contributed by atoms with Crippen molar-refractivity contribution in [2.75, 3.05) is 18.5 Å². The molecule has 130 valence electrons. The molecule has 1 amide bonds.